The average molecular weight is 555 g/mol. The second kappa shape index (κ2) is 11.2. The summed E-state index contributed by atoms with van der Waals surface area (Å²) in [5.41, 5.74) is 0.671. The van der Waals surface area contributed by atoms with E-state index in [2.05, 4.69) is 4.90 Å². The maximum absolute atomic E-state index is 13.3. The van der Waals surface area contributed by atoms with E-state index in [0.717, 1.165) is 50.5 Å². The van der Waals surface area contributed by atoms with Gasteiger partial charge in [0.2, 0.25) is 0 Å². The summed E-state index contributed by atoms with van der Waals surface area (Å²) in [6.07, 6.45) is 0.399. The van der Waals surface area contributed by atoms with E-state index in [-0.39, 0.29) is 11.7 Å². The number of Topliss-reactive ketones (excluding diaryl/α,β-unsaturated/α-hetero) is 1. The Morgan fingerprint density at radius 3 is 2.08 bits per heavy atom. The third-order valence-electron chi connectivity index (χ3n) is 6.96. The van der Waals surface area contributed by atoms with E-state index in [9.17, 15) is 9.59 Å². The van der Waals surface area contributed by atoms with Gasteiger partial charge in [0.15, 0.2) is 5.78 Å². The summed E-state index contributed by atoms with van der Waals surface area (Å²) in [4.78, 5) is 31.3. The molecule has 1 saturated heterocycles. The molecule has 0 unspecified atom stereocenters. The molecule has 38 heavy (non-hydrogen) atoms. The Balaban J connectivity index is 1.22. The van der Waals surface area contributed by atoms with Crippen molar-refractivity contribution in [1.29, 1.82) is 0 Å². The quantitative estimate of drug-likeness (QED) is 0.264. The second-order valence-electron chi connectivity index (χ2n) is 8.95. The molecule has 0 aliphatic carbocycles. The molecule has 2 aromatic carbocycles. The van der Waals surface area contributed by atoms with Crippen molar-refractivity contribution in [2.75, 3.05) is 61.2 Å². The number of rotatable bonds is 9. The van der Waals surface area contributed by atoms with Crippen LogP contribution in [0, 0.1) is 0 Å². The molecule has 1 amide bonds. The number of ether oxygens (including phenoxy) is 4. The molecule has 5 rings (SSSR count). The summed E-state index contributed by atoms with van der Waals surface area (Å²) in [6, 6.07) is 9.30. The van der Waals surface area contributed by atoms with Crippen LogP contribution in [-0.2, 0) is 0 Å². The van der Waals surface area contributed by atoms with Crippen molar-refractivity contribution in [1.82, 2.24) is 9.80 Å². The third-order valence-corrected chi connectivity index (χ3v) is 9.09. The number of carbonyl (C=O) groups excluding carboxylic acids is 2. The minimum Gasteiger partial charge on any atom is -0.496 e. The summed E-state index contributed by atoms with van der Waals surface area (Å²) >= 11 is 2.92. The summed E-state index contributed by atoms with van der Waals surface area (Å²) < 4.78 is 23.8. The van der Waals surface area contributed by atoms with Crippen molar-refractivity contribution >= 4 is 54.5 Å². The summed E-state index contributed by atoms with van der Waals surface area (Å²) in [5, 5.41) is 3.59. The van der Waals surface area contributed by atoms with Gasteiger partial charge in [-0.15, -0.1) is 22.7 Å². The zero-order valence-corrected chi connectivity index (χ0v) is 23.5. The van der Waals surface area contributed by atoms with Gasteiger partial charge in [-0.1, -0.05) is 0 Å². The molecule has 0 saturated carbocycles. The van der Waals surface area contributed by atoms with Crippen molar-refractivity contribution in [2.24, 2.45) is 0 Å². The van der Waals surface area contributed by atoms with Gasteiger partial charge in [0.05, 0.1) is 42.7 Å². The summed E-state index contributed by atoms with van der Waals surface area (Å²) in [7, 11) is 6.49. The Kier molecular flexibility index (Phi) is 7.73. The van der Waals surface area contributed by atoms with Crippen molar-refractivity contribution in [2.45, 2.75) is 6.42 Å². The molecular weight excluding hydrogens is 524 g/mol. The number of amides is 1. The number of fused-ring (bicyclic) bond motifs is 2. The number of thiophene rings is 2. The van der Waals surface area contributed by atoms with Gasteiger partial charge in [-0.25, -0.2) is 0 Å². The Hall–Kier alpha value is -3.34. The highest BCUT2D eigenvalue weighted by atomic mass is 32.1. The van der Waals surface area contributed by atoms with Gasteiger partial charge in [0, 0.05) is 60.9 Å². The number of hydrogen-bond donors (Lipinski definition) is 0. The minimum absolute atomic E-state index is 0.0109. The molecule has 1 aliphatic heterocycles. The first-order valence-electron chi connectivity index (χ1n) is 12.3. The van der Waals surface area contributed by atoms with Gasteiger partial charge in [-0.2, -0.15) is 0 Å². The number of nitrogens with zero attached hydrogens (tertiary/aromatic N) is 2. The molecule has 4 aromatic rings. The fourth-order valence-corrected chi connectivity index (χ4v) is 7.09. The molecule has 3 heterocycles. The maximum atomic E-state index is 13.3. The molecule has 0 bridgehead atoms. The molecule has 0 spiro atoms. The molecule has 0 atom stereocenters. The number of ketones is 1. The fourth-order valence-electron chi connectivity index (χ4n) is 4.87. The molecular formula is C28H30N2O6S2. The van der Waals surface area contributed by atoms with E-state index < -0.39 is 0 Å². The van der Waals surface area contributed by atoms with E-state index in [1.54, 1.807) is 28.4 Å². The van der Waals surface area contributed by atoms with Crippen LogP contribution >= 0.6 is 22.7 Å². The van der Waals surface area contributed by atoms with Gasteiger partial charge in [0.1, 0.15) is 23.0 Å². The first-order chi connectivity index (χ1) is 18.5. The van der Waals surface area contributed by atoms with Crippen LogP contribution in [0.15, 0.2) is 35.7 Å². The molecule has 8 nitrogen and oxygen atoms in total. The van der Waals surface area contributed by atoms with Crippen LogP contribution in [0.2, 0.25) is 0 Å². The van der Waals surface area contributed by atoms with E-state index in [1.165, 1.54) is 22.7 Å². The molecule has 2 aromatic heterocycles. The minimum atomic E-state index is 0.0109. The lowest BCUT2D eigenvalue weighted by Gasteiger charge is -2.34. The van der Waals surface area contributed by atoms with Gasteiger partial charge in [0.25, 0.3) is 5.91 Å². The van der Waals surface area contributed by atoms with E-state index in [4.69, 9.17) is 18.9 Å². The van der Waals surface area contributed by atoms with Crippen molar-refractivity contribution in [3.05, 3.63) is 46.2 Å². The van der Waals surface area contributed by atoms with Crippen LogP contribution < -0.4 is 18.9 Å². The van der Waals surface area contributed by atoms with Crippen LogP contribution in [0.5, 0.6) is 23.0 Å². The Morgan fingerprint density at radius 1 is 0.816 bits per heavy atom. The average Bonchev–Trinajstić information content (AvgIpc) is 3.61. The largest absolute Gasteiger partial charge is 0.496 e. The van der Waals surface area contributed by atoms with Crippen LogP contribution in [-0.4, -0.2) is 82.7 Å². The van der Waals surface area contributed by atoms with Crippen LogP contribution in [0.25, 0.3) is 20.2 Å². The van der Waals surface area contributed by atoms with Gasteiger partial charge in [-0.05, 0) is 30.3 Å². The number of hydrogen-bond acceptors (Lipinski definition) is 9. The zero-order valence-electron chi connectivity index (χ0n) is 21.9. The number of piperazine rings is 1. The first-order valence-corrected chi connectivity index (χ1v) is 14.0. The summed E-state index contributed by atoms with van der Waals surface area (Å²) in [5.74, 6) is 2.95. The standard InChI is InChI=1S/C28H30N2O6S2/c1-33-20-5-7-22(35-3)26-17(20)15-24(38-26)28(32)30-13-11-29(12-14-30)10-9-19(31)18-16-37-27-23(36-4)8-6-21(34-2)25(18)27/h5-8,15-16H,9-14H2,1-4H3. The first kappa shape index (κ1) is 26.3. The monoisotopic (exact) mass is 554 g/mol. The highest BCUT2D eigenvalue weighted by molar-refractivity contribution is 7.21. The Bertz CT molecular complexity index is 1440. The highest BCUT2D eigenvalue weighted by Gasteiger charge is 2.26. The maximum Gasteiger partial charge on any atom is 0.264 e. The van der Waals surface area contributed by atoms with Crippen molar-refractivity contribution < 1.29 is 28.5 Å². The van der Waals surface area contributed by atoms with Crippen molar-refractivity contribution in [3.63, 3.8) is 0 Å². The highest BCUT2D eigenvalue weighted by Crippen LogP contribution is 2.41. The second-order valence-corrected chi connectivity index (χ2v) is 10.9. The molecule has 10 heteroatoms. The lowest BCUT2D eigenvalue weighted by atomic mass is 10.1. The fraction of sp³-hybridized carbons (Fsp3) is 0.357. The number of methoxy groups -OCH3 is 4. The Labute approximate surface area is 229 Å². The van der Waals surface area contributed by atoms with E-state index in [0.29, 0.717) is 42.2 Å². The van der Waals surface area contributed by atoms with Crippen LogP contribution in [0.1, 0.15) is 26.5 Å². The predicted molar refractivity (Wildman–Crippen MR) is 151 cm³/mol. The molecule has 0 radical (unpaired) electrons. The SMILES string of the molecule is COc1ccc(OC)c2sc(C(=O)N3CCN(CCC(=O)c4csc5c(OC)ccc(OC)c45)CC3)cc12. The number of benzene rings is 2. The predicted octanol–water partition coefficient (Wildman–Crippen LogP) is 5.18. The van der Waals surface area contributed by atoms with Crippen molar-refractivity contribution in [3.8, 4) is 23.0 Å². The van der Waals surface area contributed by atoms with E-state index in [1.807, 2.05) is 40.6 Å². The topological polar surface area (TPSA) is 77.5 Å². The molecule has 0 N–H and O–H groups in total. The Morgan fingerprint density at radius 2 is 1.42 bits per heavy atom. The third kappa shape index (κ3) is 4.79. The molecule has 200 valence electrons. The lowest BCUT2D eigenvalue weighted by molar-refractivity contribution is 0.0633. The normalized spacial score (nSPS) is 14.2. The van der Waals surface area contributed by atoms with Gasteiger partial charge < -0.3 is 23.8 Å². The molecule has 1 aliphatic rings. The van der Waals surface area contributed by atoms with Gasteiger partial charge in [-0.3, -0.25) is 14.5 Å². The van der Waals surface area contributed by atoms with E-state index >= 15 is 0 Å². The molecule has 1 fully saturated rings. The smallest absolute Gasteiger partial charge is 0.264 e. The summed E-state index contributed by atoms with van der Waals surface area (Å²) in [6.45, 7) is 3.31. The number of carbonyl (C=O) groups is 2. The van der Waals surface area contributed by atoms with Gasteiger partial charge >= 0.3 is 0 Å². The lowest BCUT2D eigenvalue weighted by Crippen LogP contribution is -2.48. The zero-order chi connectivity index (χ0) is 26.8. The van der Waals surface area contributed by atoms with Crippen LogP contribution in [0.3, 0.4) is 0 Å². The van der Waals surface area contributed by atoms with Crippen LogP contribution in [0.4, 0.5) is 0 Å².